The minimum absolute atomic E-state index is 0.294. The Morgan fingerprint density at radius 3 is 1.76 bits per heavy atom. The lowest BCUT2D eigenvalue weighted by atomic mass is 9.89. The van der Waals surface area contributed by atoms with Gasteiger partial charge in [-0.05, 0) is 49.9 Å². The highest BCUT2D eigenvalue weighted by molar-refractivity contribution is 6.08. The first kappa shape index (κ1) is 16.9. The zero-order valence-corrected chi connectivity index (χ0v) is 13.2. The average molecular weight is 292 g/mol. The quantitative estimate of drug-likeness (QED) is 0.369. The van der Waals surface area contributed by atoms with Crippen LogP contribution in [0.25, 0.3) is 0 Å². The van der Waals surface area contributed by atoms with E-state index in [-0.39, 0.29) is 12.2 Å². The van der Waals surface area contributed by atoms with E-state index >= 15 is 0 Å². The Balaban J connectivity index is 3.40. The van der Waals surface area contributed by atoms with Gasteiger partial charge in [0.15, 0.2) is 5.78 Å². The van der Waals surface area contributed by atoms with Crippen LogP contribution in [0, 0.1) is 27.7 Å². The number of rotatable bonds is 4. The first-order valence-electron chi connectivity index (χ1n) is 6.59. The Bertz CT molecular complexity index is 585. The van der Waals surface area contributed by atoms with Gasteiger partial charge >= 0.3 is 11.9 Å². The SMILES string of the molecule is COC(=O)CC(=O)c1c(C)c(C)c(OC(C)=O)c(C)c1C. The van der Waals surface area contributed by atoms with E-state index in [9.17, 15) is 14.4 Å². The van der Waals surface area contributed by atoms with Gasteiger partial charge in [0.2, 0.25) is 0 Å². The fourth-order valence-electron chi connectivity index (χ4n) is 2.28. The van der Waals surface area contributed by atoms with Crippen LogP contribution in [0.1, 0.15) is 46.0 Å². The molecular formula is C16H20O5. The number of carbonyl (C=O) groups excluding carboxylic acids is 3. The summed E-state index contributed by atoms with van der Waals surface area (Å²) < 4.78 is 9.76. The zero-order chi connectivity index (χ0) is 16.3. The molecule has 1 aromatic carbocycles. The number of carbonyl (C=O) groups is 3. The van der Waals surface area contributed by atoms with Crippen LogP contribution >= 0.6 is 0 Å². The number of hydrogen-bond acceptors (Lipinski definition) is 5. The lowest BCUT2D eigenvalue weighted by Gasteiger charge is -2.18. The van der Waals surface area contributed by atoms with Gasteiger partial charge in [-0.1, -0.05) is 0 Å². The van der Waals surface area contributed by atoms with Crippen molar-refractivity contribution in [1.82, 2.24) is 0 Å². The van der Waals surface area contributed by atoms with E-state index in [2.05, 4.69) is 4.74 Å². The predicted molar refractivity (Wildman–Crippen MR) is 77.7 cm³/mol. The monoisotopic (exact) mass is 292 g/mol. The molecule has 114 valence electrons. The third-order valence-electron chi connectivity index (χ3n) is 3.61. The lowest BCUT2D eigenvalue weighted by Crippen LogP contribution is -2.15. The molecule has 0 aliphatic heterocycles. The molecule has 1 aromatic rings. The number of benzene rings is 1. The number of esters is 2. The minimum Gasteiger partial charge on any atom is -0.469 e. The molecule has 0 unspecified atom stereocenters. The first-order chi connectivity index (χ1) is 9.70. The molecule has 1 rings (SSSR count). The van der Waals surface area contributed by atoms with Crippen LogP contribution < -0.4 is 4.74 Å². The molecule has 0 saturated heterocycles. The Labute approximate surface area is 124 Å². The average Bonchev–Trinajstić information content (AvgIpc) is 2.41. The minimum atomic E-state index is -0.571. The van der Waals surface area contributed by atoms with Crippen molar-refractivity contribution in [2.75, 3.05) is 7.11 Å². The summed E-state index contributed by atoms with van der Waals surface area (Å²) in [6.45, 7) is 8.46. The molecule has 0 spiro atoms. The van der Waals surface area contributed by atoms with Gasteiger partial charge in [-0.15, -0.1) is 0 Å². The molecule has 0 radical (unpaired) electrons. The molecule has 0 aliphatic rings. The van der Waals surface area contributed by atoms with Gasteiger partial charge in [0.25, 0.3) is 0 Å². The zero-order valence-electron chi connectivity index (χ0n) is 13.2. The van der Waals surface area contributed by atoms with Gasteiger partial charge in [0, 0.05) is 12.5 Å². The highest BCUT2D eigenvalue weighted by Crippen LogP contribution is 2.33. The van der Waals surface area contributed by atoms with E-state index in [0.717, 1.165) is 11.1 Å². The molecule has 0 bridgehead atoms. The normalized spacial score (nSPS) is 10.2. The van der Waals surface area contributed by atoms with Crippen molar-refractivity contribution in [2.24, 2.45) is 0 Å². The number of ether oxygens (including phenoxy) is 2. The van der Waals surface area contributed by atoms with Crippen LogP contribution in [-0.2, 0) is 14.3 Å². The summed E-state index contributed by atoms with van der Waals surface area (Å²) in [4.78, 5) is 34.8. The third kappa shape index (κ3) is 3.48. The van der Waals surface area contributed by atoms with Gasteiger partial charge in [0.05, 0.1) is 7.11 Å². The fourth-order valence-corrected chi connectivity index (χ4v) is 2.28. The second kappa shape index (κ2) is 6.52. The summed E-state index contributed by atoms with van der Waals surface area (Å²) in [5.74, 6) is -0.795. The standard InChI is InChI=1S/C16H20O5/c1-8-10(3)16(21-12(5)17)11(4)9(2)15(8)13(18)7-14(19)20-6/h7H2,1-6H3. The van der Waals surface area contributed by atoms with Crippen molar-refractivity contribution in [3.8, 4) is 5.75 Å². The number of Topliss-reactive ketones (excluding diaryl/α,β-unsaturated/α-hetero) is 1. The van der Waals surface area contributed by atoms with E-state index in [1.807, 2.05) is 0 Å². The molecule has 0 amide bonds. The number of ketones is 1. The summed E-state index contributed by atoms with van der Waals surface area (Å²) in [6, 6.07) is 0. The Kier molecular flexibility index (Phi) is 5.24. The number of hydrogen-bond donors (Lipinski definition) is 0. The second-order valence-electron chi connectivity index (χ2n) is 4.97. The Morgan fingerprint density at radius 1 is 0.905 bits per heavy atom. The lowest BCUT2D eigenvalue weighted by molar-refractivity contribution is -0.139. The van der Waals surface area contributed by atoms with Crippen molar-refractivity contribution >= 4 is 17.7 Å². The van der Waals surface area contributed by atoms with E-state index in [1.54, 1.807) is 27.7 Å². The van der Waals surface area contributed by atoms with Crippen molar-refractivity contribution in [1.29, 1.82) is 0 Å². The fraction of sp³-hybridized carbons (Fsp3) is 0.438. The van der Waals surface area contributed by atoms with Gasteiger partial charge in [-0.25, -0.2) is 0 Å². The smallest absolute Gasteiger partial charge is 0.313 e. The van der Waals surface area contributed by atoms with Gasteiger partial charge < -0.3 is 9.47 Å². The molecule has 0 aliphatic carbocycles. The van der Waals surface area contributed by atoms with Crippen molar-refractivity contribution in [2.45, 2.75) is 41.0 Å². The second-order valence-corrected chi connectivity index (χ2v) is 4.97. The molecule has 0 fully saturated rings. The maximum atomic E-state index is 12.3. The summed E-state index contributed by atoms with van der Waals surface area (Å²) >= 11 is 0. The van der Waals surface area contributed by atoms with E-state index in [1.165, 1.54) is 14.0 Å². The van der Waals surface area contributed by atoms with E-state index < -0.39 is 11.9 Å². The van der Waals surface area contributed by atoms with Crippen LogP contribution in [0.5, 0.6) is 5.75 Å². The van der Waals surface area contributed by atoms with Gasteiger partial charge in [0.1, 0.15) is 12.2 Å². The van der Waals surface area contributed by atoms with Crippen LogP contribution in [0.2, 0.25) is 0 Å². The highest BCUT2D eigenvalue weighted by Gasteiger charge is 2.23. The molecular weight excluding hydrogens is 272 g/mol. The maximum Gasteiger partial charge on any atom is 0.313 e. The van der Waals surface area contributed by atoms with E-state index in [0.29, 0.717) is 22.4 Å². The van der Waals surface area contributed by atoms with Crippen molar-refractivity contribution in [3.63, 3.8) is 0 Å². The van der Waals surface area contributed by atoms with Crippen molar-refractivity contribution < 1.29 is 23.9 Å². The molecule has 0 N–H and O–H groups in total. The molecule has 21 heavy (non-hydrogen) atoms. The summed E-state index contributed by atoms with van der Waals surface area (Å²) in [6.07, 6.45) is -0.302. The van der Waals surface area contributed by atoms with Crippen LogP contribution in [0.15, 0.2) is 0 Å². The first-order valence-corrected chi connectivity index (χ1v) is 6.59. The molecule has 5 heteroatoms. The molecule has 0 heterocycles. The van der Waals surface area contributed by atoms with Gasteiger partial charge in [-0.2, -0.15) is 0 Å². The highest BCUT2D eigenvalue weighted by atomic mass is 16.5. The summed E-state index contributed by atoms with van der Waals surface area (Å²) in [5.41, 5.74) is 3.36. The Morgan fingerprint density at radius 2 is 1.38 bits per heavy atom. The number of methoxy groups -OCH3 is 1. The molecule has 0 saturated carbocycles. The largest absolute Gasteiger partial charge is 0.469 e. The maximum absolute atomic E-state index is 12.3. The molecule has 5 nitrogen and oxygen atoms in total. The van der Waals surface area contributed by atoms with E-state index in [4.69, 9.17) is 4.74 Å². The predicted octanol–water partition coefficient (Wildman–Crippen LogP) is 2.59. The summed E-state index contributed by atoms with van der Waals surface area (Å²) in [7, 11) is 1.25. The van der Waals surface area contributed by atoms with Crippen LogP contribution in [0.4, 0.5) is 0 Å². The third-order valence-corrected chi connectivity index (χ3v) is 3.61. The van der Waals surface area contributed by atoms with Gasteiger partial charge in [-0.3, -0.25) is 14.4 Å². The van der Waals surface area contributed by atoms with Crippen LogP contribution in [0.3, 0.4) is 0 Å². The Hall–Kier alpha value is -2.17. The molecule has 0 aromatic heterocycles. The van der Waals surface area contributed by atoms with Crippen molar-refractivity contribution in [3.05, 3.63) is 27.8 Å². The van der Waals surface area contributed by atoms with Crippen LogP contribution in [-0.4, -0.2) is 24.8 Å². The topological polar surface area (TPSA) is 69.7 Å². The summed E-state index contributed by atoms with van der Waals surface area (Å²) in [5, 5.41) is 0. The molecule has 0 atom stereocenters.